The maximum absolute atomic E-state index is 5.99. The zero-order valence-electron chi connectivity index (χ0n) is 16.9. The summed E-state index contributed by atoms with van der Waals surface area (Å²) >= 11 is 0. The van der Waals surface area contributed by atoms with Gasteiger partial charge in [-0.2, -0.15) is 5.10 Å². The number of ether oxygens (including phenoxy) is 2. The molecule has 1 N–H and O–H groups in total. The van der Waals surface area contributed by atoms with Gasteiger partial charge in [-0.1, -0.05) is 60.7 Å². The van der Waals surface area contributed by atoms with E-state index in [2.05, 4.69) is 53.0 Å². The molecule has 4 aromatic rings. The molecule has 0 fully saturated rings. The molecule has 0 saturated heterocycles. The molecule has 150 valence electrons. The average molecular weight is 396 g/mol. The lowest BCUT2D eigenvalue weighted by Gasteiger charge is -2.09. The Morgan fingerprint density at radius 2 is 1.53 bits per heavy atom. The lowest BCUT2D eigenvalue weighted by atomic mass is 10.1. The third kappa shape index (κ3) is 4.78. The molecule has 0 radical (unpaired) electrons. The van der Waals surface area contributed by atoms with E-state index >= 15 is 0 Å². The van der Waals surface area contributed by atoms with Crippen LogP contribution < -0.4 is 14.9 Å². The van der Waals surface area contributed by atoms with Gasteiger partial charge in [0.15, 0.2) is 0 Å². The predicted octanol–water partition coefficient (Wildman–Crippen LogP) is 5.55. The van der Waals surface area contributed by atoms with E-state index in [4.69, 9.17) is 9.47 Å². The molecule has 0 aliphatic rings. The second-order valence-corrected chi connectivity index (χ2v) is 6.90. The maximum Gasteiger partial charge on any atom is 0.123 e. The zero-order chi connectivity index (χ0) is 20.6. The quantitative estimate of drug-likeness (QED) is 0.314. The van der Waals surface area contributed by atoms with Gasteiger partial charge in [0.25, 0.3) is 0 Å². The average Bonchev–Trinajstić information content (AvgIpc) is 2.81. The Kier molecular flexibility index (Phi) is 6.25. The molecule has 0 unspecified atom stereocenters. The smallest absolute Gasteiger partial charge is 0.123 e. The highest BCUT2D eigenvalue weighted by molar-refractivity contribution is 5.85. The second-order valence-electron chi connectivity index (χ2n) is 6.90. The van der Waals surface area contributed by atoms with Crippen molar-refractivity contribution in [2.24, 2.45) is 5.10 Å². The lowest BCUT2D eigenvalue weighted by Crippen LogP contribution is -2.06. The number of methoxy groups -OCH3 is 1. The SMILES string of the molecule is COc1ccccc1CN/N=C/c1ccc(OCc2cccc3ccccc23)cc1. The first kappa shape index (κ1) is 19.5. The van der Waals surface area contributed by atoms with Gasteiger partial charge >= 0.3 is 0 Å². The Morgan fingerprint density at radius 3 is 2.40 bits per heavy atom. The molecule has 4 aromatic carbocycles. The first-order valence-electron chi connectivity index (χ1n) is 9.91. The lowest BCUT2D eigenvalue weighted by molar-refractivity contribution is 0.307. The first-order valence-corrected chi connectivity index (χ1v) is 9.91. The van der Waals surface area contributed by atoms with Crippen LogP contribution in [0.4, 0.5) is 0 Å². The summed E-state index contributed by atoms with van der Waals surface area (Å²) in [5.74, 6) is 1.69. The van der Waals surface area contributed by atoms with Crippen molar-refractivity contribution < 1.29 is 9.47 Å². The van der Waals surface area contributed by atoms with Crippen LogP contribution in [-0.2, 0) is 13.2 Å². The maximum atomic E-state index is 5.99. The van der Waals surface area contributed by atoms with Gasteiger partial charge in [0.1, 0.15) is 18.1 Å². The fourth-order valence-electron chi connectivity index (χ4n) is 3.33. The summed E-state index contributed by atoms with van der Waals surface area (Å²) in [7, 11) is 1.67. The standard InChI is InChI=1S/C26H24N2O2/c1-29-26-12-5-3-8-22(26)18-28-27-17-20-13-15-24(16-14-20)30-19-23-10-6-9-21-7-2-4-11-25(21)23/h2-17,28H,18-19H2,1H3/b27-17+. The minimum absolute atomic E-state index is 0.537. The monoisotopic (exact) mass is 396 g/mol. The third-order valence-corrected chi connectivity index (χ3v) is 4.92. The number of fused-ring (bicyclic) bond motifs is 1. The molecular formula is C26H24N2O2. The van der Waals surface area contributed by atoms with Crippen molar-refractivity contribution in [1.82, 2.24) is 5.43 Å². The Labute approximate surface area is 176 Å². The summed E-state index contributed by atoms with van der Waals surface area (Å²) in [4.78, 5) is 0. The van der Waals surface area contributed by atoms with Crippen LogP contribution in [0.1, 0.15) is 16.7 Å². The van der Waals surface area contributed by atoms with E-state index in [1.807, 2.05) is 48.5 Å². The Hall–Kier alpha value is -3.79. The number of benzene rings is 4. The van der Waals surface area contributed by atoms with E-state index in [0.29, 0.717) is 13.2 Å². The molecule has 4 rings (SSSR count). The molecule has 0 aliphatic carbocycles. The van der Waals surface area contributed by atoms with Crippen molar-refractivity contribution in [3.8, 4) is 11.5 Å². The molecule has 0 spiro atoms. The summed E-state index contributed by atoms with van der Waals surface area (Å²) in [6, 6.07) is 30.5. The number of para-hydroxylation sites is 1. The zero-order valence-corrected chi connectivity index (χ0v) is 16.9. The summed E-state index contributed by atoms with van der Waals surface area (Å²) in [6.07, 6.45) is 1.80. The fourth-order valence-corrected chi connectivity index (χ4v) is 3.33. The van der Waals surface area contributed by atoms with Crippen molar-refractivity contribution >= 4 is 17.0 Å². The summed E-state index contributed by atoms with van der Waals surface area (Å²) in [5, 5.41) is 6.75. The van der Waals surface area contributed by atoms with Gasteiger partial charge in [0.05, 0.1) is 19.9 Å². The topological polar surface area (TPSA) is 42.8 Å². The van der Waals surface area contributed by atoms with Crippen molar-refractivity contribution in [2.75, 3.05) is 7.11 Å². The molecule has 0 heterocycles. The van der Waals surface area contributed by atoms with Gasteiger partial charge in [-0.25, -0.2) is 0 Å². The van der Waals surface area contributed by atoms with E-state index in [9.17, 15) is 0 Å². The fraction of sp³-hybridized carbons (Fsp3) is 0.115. The van der Waals surface area contributed by atoms with Gasteiger partial charge in [-0.15, -0.1) is 0 Å². The summed E-state index contributed by atoms with van der Waals surface area (Å²) in [5.41, 5.74) is 6.31. The molecule has 0 bridgehead atoms. The predicted molar refractivity (Wildman–Crippen MR) is 122 cm³/mol. The van der Waals surface area contributed by atoms with Crippen molar-refractivity contribution in [3.63, 3.8) is 0 Å². The van der Waals surface area contributed by atoms with Crippen molar-refractivity contribution in [3.05, 3.63) is 108 Å². The number of hydrogen-bond acceptors (Lipinski definition) is 4. The molecule has 30 heavy (non-hydrogen) atoms. The van der Waals surface area contributed by atoms with Crippen LogP contribution in [-0.4, -0.2) is 13.3 Å². The molecule has 4 nitrogen and oxygen atoms in total. The molecule has 0 saturated carbocycles. The van der Waals surface area contributed by atoms with Gasteiger partial charge in [-0.05, 0) is 52.2 Å². The molecule has 0 aromatic heterocycles. The number of hydrogen-bond donors (Lipinski definition) is 1. The van der Waals surface area contributed by atoms with Crippen LogP contribution in [0.25, 0.3) is 10.8 Å². The van der Waals surface area contributed by atoms with Crippen LogP contribution in [0.2, 0.25) is 0 Å². The third-order valence-electron chi connectivity index (χ3n) is 4.92. The molecule has 0 amide bonds. The van der Waals surface area contributed by atoms with Crippen molar-refractivity contribution in [2.45, 2.75) is 13.2 Å². The van der Waals surface area contributed by atoms with E-state index in [-0.39, 0.29) is 0 Å². The van der Waals surface area contributed by atoms with Gasteiger partial charge < -0.3 is 14.9 Å². The Bertz CT molecular complexity index is 1130. The first-order chi connectivity index (χ1) is 14.8. The van der Waals surface area contributed by atoms with Crippen LogP contribution >= 0.6 is 0 Å². The Balaban J connectivity index is 1.32. The van der Waals surface area contributed by atoms with Gasteiger partial charge in [0.2, 0.25) is 0 Å². The summed E-state index contributed by atoms with van der Waals surface area (Å²) in [6.45, 7) is 1.14. The van der Waals surface area contributed by atoms with E-state index < -0.39 is 0 Å². The normalized spacial score (nSPS) is 11.0. The number of nitrogens with zero attached hydrogens (tertiary/aromatic N) is 1. The molecule has 4 heteroatoms. The summed E-state index contributed by atoms with van der Waals surface area (Å²) < 4.78 is 11.3. The van der Waals surface area contributed by atoms with Crippen LogP contribution in [0.3, 0.4) is 0 Å². The second kappa shape index (κ2) is 9.61. The van der Waals surface area contributed by atoms with Gasteiger partial charge in [-0.3, -0.25) is 0 Å². The van der Waals surface area contributed by atoms with Crippen LogP contribution in [0.15, 0.2) is 96.1 Å². The Morgan fingerprint density at radius 1 is 0.800 bits per heavy atom. The van der Waals surface area contributed by atoms with E-state index in [1.54, 1.807) is 13.3 Å². The number of rotatable bonds is 8. The van der Waals surface area contributed by atoms with E-state index in [1.165, 1.54) is 16.3 Å². The highest BCUT2D eigenvalue weighted by Gasteiger charge is 2.02. The number of hydrazone groups is 1. The molecular weight excluding hydrogens is 372 g/mol. The van der Waals surface area contributed by atoms with E-state index in [0.717, 1.165) is 22.6 Å². The number of nitrogens with one attached hydrogen (secondary N) is 1. The minimum Gasteiger partial charge on any atom is -0.496 e. The highest BCUT2D eigenvalue weighted by Crippen LogP contribution is 2.21. The largest absolute Gasteiger partial charge is 0.496 e. The minimum atomic E-state index is 0.537. The van der Waals surface area contributed by atoms with Crippen LogP contribution in [0, 0.1) is 0 Å². The molecule has 0 aliphatic heterocycles. The highest BCUT2D eigenvalue weighted by atomic mass is 16.5. The van der Waals surface area contributed by atoms with Crippen molar-refractivity contribution in [1.29, 1.82) is 0 Å². The van der Waals surface area contributed by atoms with Crippen LogP contribution in [0.5, 0.6) is 11.5 Å². The van der Waals surface area contributed by atoms with Gasteiger partial charge in [0, 0.05) is 5.56 Å². The molecule has 0 atom stereocenters.